The number of phosphoric ester groups is 2. The Morgan fingerprint density at radius 3 is 0.840 bits per heavy atom. The van der Waals surface area contributed by atoms with Gasteiger partial charge in [0.25, 0.3) is 0 Å². The van der Waals surface area contributed by atoms with E-state index in [-0.39, 0.29) is 25.7 Å². The van der Waals surface area contributed by atoms with Gasteiger partial charge in [0.1, 0.15) is 19.3 Å². The van der Waals surface area contributed by atoms with Gasteiger partial charge in [-0.2, -0.15) is 0 Å². The molecule has 17 nitrogen and oxygen atoms in total. The molecular formula is C81H130O17P2. The average molecular weight is 1440 g/mol. The van der Waals surface area contributed by atoms with E-state index in [4.69, 9.17) is 37.0 Å². The monoisotopic (exact) mass is 1440 g/mol. The lowest BCUT2D eigenvalue weighted by Gasteiger charge is -2.21. The van der Waals surface area contributed by atoms with E-state index < -0.39 is 97.5 Å². The van der Waals surface area contributed by atoms with Crippen molar-refractivity contribution in [2.45, 2.75) is 277 Å². The second-order valence-corrected chi connectivity index (χ2v) is 27.0. The van der Waals surface area contributed by atoms with Crippen LogP contribution in [0.4, 0.5) is 0 Å². The molecule has 0 aromatic heterocycles. The molecule has 0 bridgehead atoms. The largest absolute Gasteiger partial charge is 0.472 e. The Hall–Kier alpha value is -5.58. The summed E-state index contributed by atoms with van der Waals surface area (Å²) in [6, 6.07) is 0. The van der Waals surface area contributed by atoms with Crippen molar-refractivity contribution < 1.29 is 80.2 Å². The first kappa shape index (κ1) is 94.4. The van der Waals surface area contributed by atoms with E-state index in [2.05, 4.69) is 198 Å². The molecule has 566 valence electrons. The summed E-state index contributed by atoms with van der Waals surface area (Å²) >= 11 is 0. The van der Waals surface area contributed by atoms with Gasteiger partial charge in [0, 0.05) is 25.7 Å². The Morgan fingerprint density at radius 1 is 0.290 bits per heavy atom. The molecule has 0 heterocycles. The van der Waals surface area contributed by atoms with E-state index in [9.17, 15) is 43.2 Å². The van der Waals surface area contributed by atoms with Gasteiger partial charge in [-0.25, -0.2) is 9.13 Å². The third-order valence-corrected chi connectivity index (χ3v) is 16.6. The molecule has 0 aromatic carbocycles. The summed E-state index contributed by atoms with van der Waals surface area (Å²) in [6.45, 7) is 4.30. The summed E-state index contributed by atoms with van der Waals surface area (Å²) in [5.74, 6) is -2.34. The minimum Gasteiger partial charge on any atom is -0.462 e. The van der Waals surface area contributed by atoms with Gasteiger partial charge >= 0.3 is 39.5 Å². The summed E-state index contributed by atoms with van der Waals surface area (Å²) < 4.78 is 68.3. The highest BCUT2D eigenvalue weighted by atomic mass is 31.2. The van der Waals surface area contributed by atoms with E-state index >= 15 is 0 Å². The van der Waals surface area contributed by atoms with Crippen LogP contribution in [0.2, 0.25) is 0 Å². The first-order valence-corrected chi connectivity index (χ1v) is 40.4. The van der Waals surface area contributed by atoms with Crippen LogP contribution in [0, 0.1) is 0 Å². The minimum atomic E-state index is -5.00. The maximum absolute atomic E-state index is 13.1. The predicted octanol–water partition coefficient (Wildman–Crippen LogP) is 21.4. The van der Waals surface area contributed by atoms with Crippen LogP contribution in [-0.4, -0.2) is 96.7 Å². The molecule has 0 aliphatic heterocycles. The number of rotatable bonds is 68. The molecule has 0 fully saturated rings. The zero-order chi connectivity index (χ0) is 73.2. The number of ether oxygens (including phenoxy) is 4. The van der Waals surface area contributed by atoms with E-state index in [0.717, 1.165) is 161 Å². The van der Waals surface area contributed by atoms with E-state index in [1.165, 1.54) is 12.8 Å². The lowest BCUT2D eigenvalue weighted by molar-refractivity contribution is -0.161. The first-order chi connectivity index (χ1) is 48.7. The molecule has 0 saturated carbocycles. The molecule has 100 heavy (non-hydrogen) atoms. The van der Waals surface area contributed by atoms with Gasteiger partial charge < -0.3 is 33.8 Å². The van der Waals surface area contributed by atoms with Crippen LogP contribution in [0.1, 0.15) is 259 Å². The molecule has 0 aliphatic rings. The molecule has 0 spiro atoms. The third kappa shape index (κ3) is 70.8. The Balaban J connectivity index is 5.44. The van der Waals surface area contributed by atoms with Gasteiger partial charge in [0.05, 0.1) is 26.4 Å². The standard InChI is InChI=1S/C81H130O17P2/c1-5-9-13-17-21-25-29-32-35-36-37-38-41-43-47-50-54-58-62-66-79(84)91-71-76(97-80(85)67-63-59-55-51-45-28-24-20-16-12-8-4)73-95-99(87,88)93-69-75(82)70-94-100(89,90)96-74-77(98-81(86)68-64-60-56-52-48-44-40-34-31-27-23-19-15-11-7-3)72-92-78(83)65-61-57-53-49-46-42-39-33-30-26-22-18-14-10-6-2/h9-11,13-15,20-27,32-35,37-40,43,46-49,52,75-77,82H,5-8,12,16-19,28-31,36,41-42,44-45,50-51,53-74H2,1-4H3,(H,87,88)(H,89,90)/b13-9-,14-10-,15-11-,24-20-,25-21-,26-22-,27-23-,35-32-,38-37-,39-33-,40-34-,47-43-,49-46-,52-48-. The van der Waals surface area contributed by atoms with Gasteiger partial charge in [-0.05, 0) is 167 Å². The fourth-order valence-electron chi connectivity index (χ4n) is 9.03. The van der Waals surface area contributed by atoms with Crippen LogP contribution in [0.5, 0.6) is 0 Å². The van der Waals surface area contributed by atoms with Crippen molar-refractivity contribution in [3.63, 3.8) is 0 Å². The topological polar surface area (TPSA) is 237 Å². The van der Waals surface area contributed by atoms with Crippen LogP contribution in [0.3, 0.4) is 0 Å². The molecule has 0 amide bonds. The second kappa shape index (κ2) is 71.8. The van der Waals surface area contributed by atoms with Crippen LogP contribution >= 0.6 is 15.6 Å². The second-order valence-electron chi connectivity index (χ2n) is 24.1. The number of allylic oxidation sites excluding steroid dienone is 28. The molecule has 0 saturated heterocycles. The SMILES string of the molecule is CC/C=C\C/C=C\C/C=C\C/C=C\C/C=C\CCCCCC(=O)OCC(COP(=O)(O)OCC(O)COP(=O)(O)OCC(COC(=O)CCCC/C=C\C/C=C\C/C=C\C/C=C\CC)OC(=O)CCCC/C=C\C/C=C\C/C=C\C/C=C\CC)OC(=O)CCCCCCC/C=C\CCCC. The molecule has 19 heteroatoms. The fourth-order valence-corrected chi connectivity index (χ4v) is 10.6. The van der Waals surface area contributed by atoms with Crippen LogP contribution < -0.4 is 0 Å². The Kier molecular flexibility index (Phi) is 67.8. The van der Waals surface area contributed by atoms with Crippen molar-refractivity contribution in [3.8, 4) is 0 Å². The van der Waals surface area contributed by atoms with Crippen molar-refractivity contribution in [3.05, 3.63) is 170 Å². The number of esters is 4. The molecule has 5 atom stereocenters. The molecule has 0 radical (unpaired) electrons. The van der Waals surface area contributed by atoms with Gasteiger partial charge in [-0.3, -0.25) is 37.3 Å². The number of hydrogen-bond donors (Lipinski definition) is 3. The zero-order valence-electron chi connectivity index (χ0n) is 61.5. The number of carbonyl (C=O) groups is 4. The van der Waals surface area contributed by atoms with E-state index in [0.29, 0.717) is 32.1 Å². The van der Waals surface area contributed by atoms with Crippen LogP contribution in [0.15, 0.2) is 170 Å². The lowest BCUT2D eigenvalue weighted by Crippen LogP contribution is -2.30. The number of aliphatic hydroxyl groups is 1. The number of phosphoric acid groups is 2. The van der Waals surface area contributed by atoms with E-state index in [1.807, 2.05) is 0 Å². The van der Waals surface area contributed by atoms with Crippen molar-refractivity contribution in [2.75, 3.05) is 39.6 Å². The molecule has 5 unspecified atom stereocenters. The van der Waals surface area contributed by atoms with E-state index in [1.54, 1.807) is 0 Å². The van der Waals surface area contributed by atoms with Crippen LogP contribution in [-0.2, 0) is 65.4 Å². The maximum atomic E-state index is 13.1. The quantitative estimate of drug-likeness (QED) is 0.0169. The lowest BCUT2D eigenvalue weighted by atomic mass is 10.1. The third-order valence-electron chi connectivity index (χ3n) is 14.7. The maximum Gasteiger partial charge on any atom is 0.472 e. The van der Waals surface area contributed by atoms with Crippen molar-refractivity contribution in [1.29, 1.82) is 0 Å². The summed E-state index contributed by atoms with van der Waals surface area (Å²) in [5.41, 5.74) is 0. The number of aliphatic hydroxyl groups excluding tert-OH is 1. The number of carbonyl (C=O) groups excluding carboxylic acids is 4. The van der Waals surface area contributed by atoms with Crippen molar-refractivity contribution in [1.82, 2.24) is 0 Å². The Bertz CT molecular complexity index is 2570. The highest BCUT2D eigenvalue weighted by Crippen LogP contribution is 2.45. The van der Waals surface area contributed by atoms with Crippen LogP contribution in [0.25, 0.3) is 0 Å². The fraction of sp³-hybridized carbons (Fsp3) is 0.605. The summed E-state index contributed by atoms with van der Waals surface area (Å²) in [5, 5.41) is 10.6. The average Bonchev–Trinajstić information content (AvgIpc) is 0.953. The Morgan fingerprint density at radius 2 is 0.520 bits per heavy atom. The highest BCUT2D eigenvalue weighted by molar-refractivity contribution is 7.47. The summed E-state index contributed by atoms with van der Waals surface area (Å²) in [6.07, 6.45) is 83.7. The first-order valence-electron chi connectivity index (χ1n) is 37.4. The van der Waals surface area contributed by atoms with Crippen molar-refractivity contribution in [2.24, 2.45) is 0 Å². The highest BCUT2D eigenvalue weighted by Gasteiger charge is 2.30. The minimum absolute atomic E-state index is 0.0266. The van der Waals surface area contributed by atoms with Gasteiger partial charge in [-0.1, -0.05) is 236 Å². The van der Waals surface area contributed by atoms with Crippen molar-refractivity contribution >= 4 is 39.5 Å². The molecule has 0 rings (SSSR count). The summed E-state index contributed by atoms with van der Waals surface area (Å²) in [7, 11) is -10.00. The molecule has 0 aliphatic carbocycles. The van der Waals surface area contributed by atoms with Gasteiger partial charge in [-0.15, -0.1) is 0 Å². The smallest absolute Gasteiger partial charge is 0.462 e. The van der Waals surface area contributed by atoms with Gasteiger partial charge in [0.2, 0.25) is 0 Å². The number of hydrogen-bond acceptors (Lipinski definition) is 15. The van der Waals surface area contributed by atoms with Gasteiger partial charge in [0.15, 0.2) is 12.2 Å². The number of unbranched alkanes of at least 4 members (excludes halogenated alkanes) is 14. The molecular weight excluding hydrogens is 1310 g/mol. The zero-order valence-corrected chi connectivity index (χ0v) is 63.3. The summed E-state index contributed by atoms with van der Waals surface area (Å²) in [4.78, 5) is 72.8. The Labute approximate surface area is 603 Å². The predicted molar refractivity (Wildman–Crippen MR) is 408 cm³/mol. The normalized spacial score (nSPS) is 14.9. The molecule has 3 N–H and O–H groups in total. The molecule has 0 aromatic rings.